The van der Waals surface area contributed by atoms with Gasteiger partial charge in [0.15, 0.2) is 0 Å². The van der Waals surface area contributed by atoms with Crippen LogP contribution in [0.15, 0.2) is 18.2 Å². The number of rotatable bonds is 3. The van der Waals surface area contributed by atoms with Gasteiger partial charge in [-0.05, 0) is 31.5 Å². The standard InChI is InChI=1S/C11H17N3O/c1-7-4-5-9(12)6-10(7)14-8(2)11(15)13-3/h4-6,8,14H,12H2,1-3H3,(H,13,15). The molecule has 1 unspecified atom stereocenters. The van der Waals surface area contributed by atoms with Crippen molar-refractivity contribution in [1.29, 1.82) is 0 Å². The third kappa shape index (κ3) is 2.87. The van der Waals surface area contributed by atoms with Gasteiger partial charge in [-0.1, -0.05) is 6.07 Å². The van der Waals surface area contributed by atoms with Crippen molar-refractivity contribution < 1.29 is 4.79 Å². The van der Waals surface area contributed by atoms with E-state index in [4.69, 9.17) is 5.73 Å². The Morgan fingerprint density at radius 2 is 2.13 bits per heavy atom. The van der Waals surface area contributed by atoms with Gasteiger partial charge in [-0.15, -0.1) is 0 Å². The molecule has 0 saturated heterocycles. The predicted molar refractivity (Wildman–Crippen MR) is 62.7 cm³/mol. The normalized spacial score (nSPS) is 11.9. The third-order valence-corrected chi connectivity index (χ3v) is 2.27. The minimum atomic E-state index is -0.268. The summed E-state index contributed by atoms with van der Waals surface area (Å²) >= 11 is 0. The van der Waals surface area contributed by atoms with Crippen molar-refractivity contribution in [3.05, 3.63) is 23.8 Å². The zero-order valence-corrected chi connectivity index (χ0v) is 9.29. The predicted octanol–water partition coefficient (Wildman–Crippen LogP) is 1.12. The van der Waals surface area contributed by atoms with Crippen LogP contribution in [0.1, 0.15) is 12.5 Å². The molecular formula is C11H17N3O. The lowest BCUT2D eigenvalue weighted by atomic mass is 10.1. The van der Waals surface area contributed by atoms with Gasteiger partial charge in [-0.2, -0.15) is 0 Å². The van der Waals surface area contributed by atoms with Crippen LogP contribution in [-0.4, -0.2) is 19.0 Å². The number of nitrogens with one attached hydrogen (secondary N) is 2. The quantitative estimate of drug-likeness (QED) is 0.651. The molecule has 4 nitrogen and oxygen atoms in total. The van der Waals surface area contributed by atoms with Crippen LogP contribution in [0.4, 0.5) is 11.4 Å². The van der Waals surface area contributed by atoms with Crippen LogP contribution in [0.5, 0.6) is 0 Å². The van der Waals surface area contributed by atoms with E-state index in [0.29, 0.717) is 5.69 Å². The Bertz CT molecular complexity index is 363. The van der Waals surface area contributed by atoms with Gasteiger partial charge in [0.1, 0.15) is 6.04 Å². The molecule has 0 aliphatic heterocycles. The molecule has 0 bridgehead atoms. The number of carbonyl (C=O) groups excluding carboxylic acids is 1. The summed E-state index contributed by atoms with van der Waals surface area (Å²) in [4.78, 5) is 11.3. The van der Waals surface area contributed by atoms with Crippen LogP contribution in [0, 0.1) is 6.92 Å². The number of hydrogen-bond acceptors (Lipinski definition) is 3. The van der Waals surface area contributed by atoms with Crippen LogP contribution < -0.4 is 16.4 Å². The Morgan fingerprint density at radius 3 is 2.73 bits per heavy atom. The molecule has 82 valence electrons. The first-order chi connectivity index (χ1) is 7.04. The lowest BCUT2D eigenvalue weighted by molar-refractivity contribution is -0.121. The van der Waals surface area contributed by atoms with Crippen molar-refractivity contribution in [2.75, 3.05) is 18.1 Å². The van der Waals surface area contributed by atoms with E-state index in [9.17, 15) is 4.79 Å². The molecule has 1 atom stereocenters. The van der Waals surface area contributed by atoms with E-state index in [1.54, 1.807) is 7.05 Å². The Morgan fingerprint density at radius 1 is 1.47 bits per heavy atom. The van der Waals surface area contributed by atoms with Crippen LogP contribution >= 0.6 is 0 Å². The summed E-state index contributed by atoms with van der Waals surface area (Å²) in [5.74, 6) is -0.0446. The Kier molecular flexibility index (Phi) is 3.55. The second-order valence-corrected chi connectivity index (χ2v) is 3.55. The fraction of sp³-hybridized carbons (Fsp3) is 0.364. The second-order valence-electron chi connectivity index (χ2n) is 3.55. The lowest BCUT2D eigenvalue weighted by Crippen LogP contribution is -2.35. The van der Waals surface area contributed by atoms with E-state index >= 15 is 0 Å². The number of hydrogen-bond donors (Lipinski definition) is 3. The van der Waals surface area contributed by atoms with Crippen molar-refractivity contribution in [3.8, 4) is 0 Å². The van der Waals surface area contributed by atoms with Crippen LogP contribution in [0.2, 0.25) is 0 Å². The zero-order chi connectivity index (χ0) is 11.4. The molecule has 0 heterocycles. The summed E-state index contributed by atoms with van der Waals surface area (Å²) in [6, 6.07) is 5.32. The number of likely N-dealkylation sites (N-methyl/N-ethyl adjacent to an activating group) is 1. The molecule has 4 heteroatoms. The molecule has 0 aromatic heterocycles. The van der Waals surface area contributed by atoms with Gasteiger partial charge in [-0.25, -0.2) is 0 Å². The number of carbonyl (C=O) groups is 1. The molecule has 0 aliphatic carbocycles. The number of amides is 1. The first-order valence-electron chi connectivity index (χ1n) is 4.89. The van der Waals surface area contributed by atoms with Gasteiger partial charge in [0.2, 0.25) is 5.91 Å². The highest BCUT2D eigenvalue weighted by Crippen LogP contribution is 2.18. The number of aryl methyl sites for hydroxylation is 1. The highest BCUT2D eigenvalue weighted by molar-refractivity contribution is 5.84. The first kappa shape index (κ1) is 11.4. The van der Waals surface area contributed by atoms with Gasteiger partial charge >= 0.3 is 0 Å². The van der Waals surface area contributed by atoms with E-state index in [0.717, 1.165) is 11.3 Å². The summed E-state index contributed by atoms with van der Waals surface area (Å²) in [6.45, 7) is 3.78. The number of benzene rings is 1. The number of nitrogens with two attached hydrogens (primary N) is 1. The monoisotopic (exact) mass is 207 g/mol. The molecule has 0 radical (unpaired) electrons. The van der Waals surface area contributed by atoms with Crippen molar-refractivity contribution >= 4 is 17.3 Å². The molecule has 1 rings (SSSR count). The van der Waals surface area contributed by atoms with Crippen molar-refractivity contribution in [1.82, 2.24) is 5.32 Å². The largest absolute Gasteiger partial charge is 0.399 e. The Hall–Kier alpha value is -1.71. The zero-order valence-electron chi connectivity index (χ0n) is 9.29. The highest BCUT2D eigenvalue weighted by Gasteiger charge is 2.11. The second kappa shape index (κ2) is 4.68. The SMILES string of the molecule is CNC(=O)C(C)Nc1cc(N)ccc1C. The molecular weight excluding hydrogens is 190 g/mol. The molecule has 0 aliphatic rings. The fourth-order valence-corrected chi connectivity index (χ4v) is 1.31. The van der Waals surface area contributed by atoms with Crippen LogP contribution in [0.25, 0.3) is 0 Å². The average molecular weight is 207 g/mol. The minimum absolute atomic E-state index is 0.0446. The lowest BCUT2D eigenvalue weighted by Gasteiger charge is -2.15. The maximum Gasteiger partial charge on any atom is 0.241 e. The molecule has 0 fully saturated rings. The molecule has 0 saturated carbocycles. The van der Waals surface area contributed by atoms with E-state index in [-0.39, 0.29) is 11.9 Å². The smallest absolute Gasteiger partial charge is 0.241 e. The molecule has 15 heavy (non-hydrogen) atoms. The van der Waals surface area contributed by atoms with Crippen molar-refractivity contribution in [3.63, 3.8) is 0 Å². The van der Waals surface area contributed by atoms with Gasteiger partial charge in [0.25, 0.3) is 0 Å². The fourth-order valence-electron chi connectivity index (χ4n) is 1.31. The summed E-state index contributed by atoms with van der Waals surface area (Å²) in [5.41, 5.74) is 8.32. The first-order valence-corrected chi connectivity index (χ1v) is 4.89. The topological polar surface area (TPSA) is 67.2 Å². The molecule has 1 amide bonds. The minimum Gasteiger partial charge on any atom is -0.399 e. The van der Waals surface area contributed by atoms with E-state index < -0.39 is 0 Å². The van der Waals surface area contributed by atoms with Gasteiger partial charge < -0.3 is 16.4 Å². The van der Waals surface area contributed by atoms with Gasteiger partial charge in [0, 0.05) is 18.4 Å². The summed E-state index contributed by atoms with van der Waals surface area (Å²) < 4.78 is 0. The third-order valence-electron chi connectivity index (χ3n) is 2.27. The van der Waals surface area contributed by atoms with Crippen LogP contribution in [-0.2, 0) is 4.79 Å². The van der Waals surface area contributed by atoms with Crippen LogP contribution in [0.3, 0.4) is 0 Å². The highest BCUT2D eigenvalue weighted by atomic mass is 16.2. The molecule has 1 aromatic carbocycles. The number of anilines is 2. The Balaban J connectivity index is 2.80. The van der Waals surface area contributed by atoms with Crippen molar-refractivity contribution in [2.45, 2.75) is 19.9 Å². The van der Waals surface area contributed by atoms with E-state index in [1.165, 1.54) is 0 Å². The maximum absolute atomic E-state index is 11.3. The summed E-state index contributed by atoms with van der Waals surface area (Å²) in [7, 11) is 1.62. The van der Waals surface area contributed by atoms with Gasteiger partial charge in [0.05, 0.1) is 0 Å². The van der Waals surface area contributed by atoms with E-state index in [2.05, 4.69) is 10.6 Å². The van der Waals surface area contributed by atoms with E-state index in [1.807, 2.05) is 32.0 Å². The van der Waals surface area contributed by atoms with Crippen molar-refractivity contribution in [2.24, 2.45) is 0 Å². The molecule has 4 N–H and O–H groups in total. The Labute approximate surface area is 89.9 Å². The number of nitrogen functional groups attached to an aromatic ring is 1. The summed E-state index contributed by atoms with van der Waals surface area (Å²) in [5, 5.41) is 5.70. The maximum atomic E-state index is 11.3. The summed E-state index contributed by atoms with van der Waals surface area (Å²) in [6.07, 6.45) is 0. The molecule has 0 spiro atoms. The average Bonchev–Trinajstić information content (AvgIpc) is 2.22. The molecule has 1 aromatic rings. The van der Waals surface area contributed by atoms with Gasteiger partial charge in [-0.3, -0.25) is 4.79 Å².